The van der Waals surface area contributed by atoms with Gasteiger partial charge in [-0.3, -0.25) is 8.80 Å². The lowest BCUT2D eigenvalue weighted by Gasteiger charge is -1.98. The highest BCUT2D eigenvalue weighted by atomic mass is 33.1. The summed E-state index contributed by atoms with van der Waals surface area (Å²) >= 11 is 3.29. The first-order valence-electron chi connectivity index (χ1n) is 7.68. The second kappa shape index (κ2) is 5.68. The van der Waals surface area contributed by atoms with Crippen LogP contribution < -0.4 is 0 Å². The quantitative estimate of drug-likeness (QED) is 0.381. The first-order valence-corrected chi connectivity index (χ1v) is 11.5. The summed E-state index contributed by atoms with van der Waals surface area (Å²) in [5, 5.41) is 19.0. The summed E-state index contributed by atoms with van der Waals surface area (Å²) < 4.78 is 6.61. The van der Waals surface area contributed by atoms with E-state index in [1.807, 2.05) is 24.3 Å². The standard InChI is InChI=1S/C16H8N6S4/c1-3-7-11-9(5-1)21-13(23-11)17-19-15(21)25-26-16-20-18-14-22(16)10-6-2-4-8-12(10)24-14/h1-8H. The Morgan fingerprint density at radius 2 is 1.08 bits per heavy atom. The molecule has 0 aliphatic heterocycles. The number of nitrogens with zero attached hydrogens (tertiary/aromatic N) is 6. The molecule has 0 aliphatic carbocycles. The number of hydrogen-bond donors (Lipinski definition) is 0. The second-order valence-electron chi connectivity index (χ2n) is 5.51. The summed E-state index contributed by atoms with van der Waals surface area (Å²) in [4.78, 5) is 1.81. The van der Waals surface area contributed by atoms with Crippen molar-refractivity contribution in [2.45, 2.75) is 10.3 Å². The van der Waals surface area contributed by atoms with Crippen molar-refractivity contribution in [1.82, 2.24) is 29.2 Å². The summed E-state index contributed by atoms with van der Waals surface area (Å²) in [7, 11) is 3.11. The highest BCUT2D eigenvalue weighted by Crippen LogP contribution is 2.40. The number of aromatic nitrogens is 6. The zero-order valence-corrected chi connectivity index (χ0v) is 16.2. The Balaban J connectivity index is 1.43. The van der Waals surface area contributed by atoms with Crippen molar-refractivity contribution in [2.75, 3.05) is 0 Å². The molecule has 0 fully saturated rings. The van der Waals surface area contributed by atoms with Crippen LogP contribution >= 0.6 is 44.3 Å². The molecule has 0 N–H and O–H groups in total. The van der Waals surface area contributed by atoms with Gasteiger partial charge in [0.1, 0.15) is 0 Å². The molecule has 126 valence electrons. The summed E-state index contributed by atoms with van der Waals surface area (Å²) in [6, 6.07) is 16.6. The topological polar surface area (TPSA) is 60.4 Å². The highest BCUT2D eigenvalue weighted by Gasteiger charge is 2.17. The highest BCUT2D eigenvalue weighted by molar-refractivity contribution is 8.76. The van der Waals surface area contributed by atoms with E-state index in [0.717, 1.165) is 31.3 Å². The molecule has 6 aromatic rings. The van der Waals surface area contributed by atoms with Crippen LogP contribution in [0.5, 0.6) is 0 Å². The van der Waals surface area contributed by atoms with E-state index in [-0.39, 0.29) is 0 Å². The SMILES string of the molecule is c1ccc2c(c1)sc1nnc(SSc3nnc4sc5ccccc5n34)n12. The van der Waals surface area contributed by atoms with Crippen LogP contribution in [0.25, 0.3) is 30.4 Å². The Morgan fingerprint density at radius 1 is 0.615 bits per heavy atom. The Morgan fingerprint density at radius 3 is 1.58 bits per heavy atom. The predicted molar refractivity (Wildman–Crippen MR) is 108 cm³/mol. The van der Waals surface area contributed by atoms with Crippen LogP contribution in [0.3, 0.4) is 0 Å². The van der Waals surface area contributed by atoms with Crippen molar-refractivity contribution in [3.63, 3.8) is 0 Å². The first-order chi connectivity index (χ1) is 12.9. The second-order valence-corrected chi connectivity index (χ2v) is 9.59. The van der Waals surface area contributed by atoms with Gasteiger partial charge in [0, 0.05) is 0 Å². The van der Waals surface area contributed by atoms with Crippen molar-refractivity contribution in [1.29, 1.82) is 0 Å². The molecule has 4 heterocycles. The summed E-state index contributed by atoms with van der Waals surface area (Å²) in [5.74, 6) is 0. The van der Waals surface area contributed by atoms with E-state index in [2.05, 4.69) is 53.5 Å². The molecule has 0 saturated heterocycles. The molecule has 0 saturated carbocycles. The predicted octanol–water partition coefficient (Wildman–Crippen LogP) is 5.00. The van der Waals surface area contributed by atoms with E-state index < -0.39 is 0 Å². The van der Waals surface area contributed by atoms with E-state index >= 15 is 0 Å². The van der Waals surface area contributed by atoms with E-state index in [4.69, 9.17) is 0 Å². The van der Waals surface area contributed by atoms with Gasteiger partial charge < -0.3 is 0 Å². The minimum atomic E-state index is 0.846. The third-order valence-corrected chi connectivity index (χ3v) is 8.09. The number of fused-ring (bicyclic) bond motifs is 6. The fourth-order valence-corrected chi connectivity index (χ4v) is 6.85. The van der Waals surface area contributed by atoms with Gasteiger partial charge in [-0.25, -0.2) is 0 Å². The van der Waals surface area contributed by atoms with E-state index in [1.165, 1.54) is 9.40 Å². The molecule has 2 aromatic carbocycles. The smallest absolute Gasteiger partial charge is 0.217 e. The van der Waals surface area contributed by atoms with Gasteiger partial charge in [-0.05, 0) is 45.9 Å². The van der Waals surface area contributed by atoms with Crippen LogP contribution in [0.1, 0.15) is 0 Å². The monoisotopic (exact) mass is 412 g/mol. The van der Waals surface area contributed by atoms with E-state index in [0.29, 0.717) is 0 Å². The molecule has 0 atom stereocenters. The minimum absolute atomic E-state index is 0.846. The van der Waals surface area contributed by atoms with Gasteiger partial charge in [-0.2, -0.15) is 0 Å². The number of benzene rings is 2. The number of thiazole rings is 2. The Labute approximate surface area is 162 Å². The van der Waals surface area contributed by atoms with Crippen LogP contribution in [0.15, 0.2) is 58.8 Å². The third kappa shape index (κ3) is 2.13. The average molecular weight is 413 g/mol. The van der Waals surface area contributed by atoms with Crippen molar-refractivity contribution >= 4 is 74.6 Å². The lowest BCUT2D eigenvalue weighted by Crippen LogP contribution is -1.85. The molecular weight excluding hydrogens is 404 g/mol. The molecule has 0 bridgehead atoms. The maximum atomic E-state index is 4.35. The van der Waals surface area contributed by atoms with Crippen LogP contribution in [-0.2, 0) is 0 Å². The maximum absolute atomic E-state index is 4.35. The molecule has 10 heteroatoms. The van der Waals surface area contributed by atoms with Crippen LogP contribution in [-0.4, -0.2) is 29.2 Å². The normalized spacial score (nSPS) is 12.2. The molecule has 0 spiro atoms. The van der Waals surface area contributed by atoms with E-state index in [9.17, 15) is 0 Å². The van der Waals surface area contributed by atoms with Gasteiger partial charge >= 0.3 is 0 Å². The summed E-state index contributed by atoms with van der Waals surface area (Å²) in [6.07, 6.45) is 0. The van der Waals surface area contributed by atoms with Gasteiger partial charge in [0.2, 0.25) is 20.2 Å². The molecule has 6 rings (SSSR count). The van der Waals surface area contributed by atoms with Crippen molar-refractivity contribution in [3.8, 4) is 0 Å². The van der Waals surface area contributed by atoms with Crippen molar-refractivity contribution in [3.05, 3.63) is 48.5 Å². The molecule has 26 heavy (non-hydrogen) atoms. The van der Waals surface area contributed by atoms with Gasteiger partial charge in [0.25, 0.3) is 0 Å². The molecule has 0 aliphatic rings. The lowest BCUT2D eigenvalue weighted by molar-refractivity contribution is 0.940. The third-order valence-electron chi connectivity index (χ3n) is 4.01. The molecule has 6 nitrogen and oxygen atoms in total. The largest absolute Gasteiger partial charge is 0.260 e. The molecule has 0 unspecified atom stereocenters. The fraction of sp³-hybridized carbons (Fsp3) is 0. The molecule has 0 amide bonds. The van der Waals surface area contributed by atoms with Gasteiger partial charge in [-0.1, -0.05) is 46.9 Å². The zero-order valence-electron chi connectivity index (χ0n) is 12.9. The Hall–Kier alpha value is -2.14. The van der Waals surface area contributed by atoms with Crippen molar-refractivity contribution < 1.29 is 0 Å². The summed E-state index contributed by atoms with van der Waals surface area (Å²) in [6.45, 7) is 0. The zero-order chi connectivity index (χ0) is 17.1. The average Bonchev–Trinajstić information content (AvgIpc) is 3.40. The minimum Gasteiger partial charge on any atom is -0.260 e. The summed E-state index contributed by atoms with van der Waals surface area (Å²) in [5.41, 5.74) is 2.26. The molecule has 0 radical (unpaired) electrons. The number of rotatable bonds is 3. The van der Waals surface area contributed by atoms with E-state index in [1.54, 1.807) is 44.3 Å². The Kier molecular flexibility index (Phi) is 3.27. The lowest BCUT2D eigenvalue weighted by atomic mass is 10.3. The molecular formula is C16H8N6S4. The molecule has 4 aromatic heterocycles. The fourth-order valence-electron chi connectivity index (χ4n) is 2.89. The van der Waals surface area contributed by atoms with Crippen LogP contribution in [0.4, 0.5) is 0 Å². The van der Waals surface area contributed by atoms with Crippen LogP contribution in [0, 0.1) is 0 Å². The Bertz CT molecular complexity index is 1300. The number of hydrogen-bond acceptors (Lipinski definition) is 8. The maximum Gasteiger partial charge on any atom is 0.217 e. The van der Waals surface area contributed by atoms with Crippen molar-refractivity contribution in [2.24, 2.45) is 0 Å². The number of para-hydroxylation sites is 2. The van der Waals surface area contributed by atoms with Gasteiger partial charge in [0.05, 0.1) is 20.4 Å². The van der Waals surface area contributed by atoms with Gasteiger partial charge in [0.15, 0.2) is 0 Å². The first kappa shape index (κ1) is 15.0. The van der Waals surface area contributed by atoms with Crippen LogP contribution in [0.2, 0.25) is 0 Å². The van der Waals surface area contributed by atoms with Gasteiger partial charge in [-0.15, -0.1) is 20.4 Å².